The summed E-state index contributed by atoms with van der Waals surface area (Å²) in [6.45, 7) is 5.56. The summed E-state index contributed by atoms with van der Waals surface area (Å²) in [6, 6.07) is 0. The number of aromatic nitrogens is 3. The molecule has 0 N–H and O–H groups in total. The van der Waals surface area contributed by atoms with Crippen LogP contribution in [-0.4, -0.2) is 48.0 Å². The largest absolute Gasteiger partial charge is 0.464 e. The van der Waals surface area contributed by atoms with Gasteiger partial charge in [-0.25, -0.2) is 17.9 Å². The van der Waals surface area contributed by atoms with Crippen LogP contribution in [0.5, 0.6) is 0 Å². The molecule has 0 aliphatic carbocycles. The number of nitrogens with zero attached hydrogens (tertiary/aromatic N) is 3. The summed E-state index contributed by atoms with van der Waals surface area (Å²) in [5.41, 5.74) is 0.740. The second-order valence-electron chi connectivity index (χ2n) is 4.43. The van der Waals surface area contributed by atoms with E-state index in [4.69, 9.17) is 0 Å². The fourth-order valence-electron chi connectivity index (χ4n) is 1.67. The average molecular weight is 289 g/mol. The molecule has 7 nitrogen and oxygen atoms in total. The number of carbonyl (C=O) groups excluding carboxylic acids is 1. The van der Waals surface area contributed by atoms with E-state index in [0.29, 0.717) is 5.69 Å². The van der Waals surface area contributed by atoms with Crippen LogP contribution in [0.1, 0.15) is 42.9 Å². The van der Waals surface area contributed by atoms with Crippen molar-refractivity contribution in [3.8, 4) is 0 Å². The second kappa shape index (κ2) is 6.14. The van der Waals surface area contributed by atoms with Crippen LogP contribution >= 0.6 is 0 Å². The molecule has 1 rings (SSSR count). The van der Waals surface area contributed by atoms with Gasteiger partial charge in [0.25, 0.3) is 0 Å². The van der Waals surface area contributed by atoms with E-state index in [2.05, 4.69) is 15.0 Å². The molecule has 0 unspecified atom stereocenters. The molecule has 0 aromatic carbocycles. The van der Waals surface area contributed by atoms with Crippen LogP contribution in [0.2, 0.25) is 0 Å². The minimum atomic E-state index is -3.08. The third kappa shape index (κ3) is 3.76. The first-order valence-electron chi connectivity index (χ1n) is 6.04. The molecule has 0 atom stereocenters. The molecular formula is C11H19N3O4S. The first-order chi connectivity index (χ1) is 8.82. The molecule has 8 heteroatoms. The Balaban J connectivity index is 3.03. The number of carbonyl (C=O) groups is 1. The summed E-state index contributed by atoms with van der Waals surface area (Å²) in [6.07, 6.45) is 0. The van der Waals surface area contributed by atoms with Crippen molar-refractivity contribution in [1.29, 1.82) is 0 Å². The molecule has 19 heavy (non-hydrogen) atoms. The minimum absolute atomic E-state index is 0.00608. The lowest BCUT2D eigenvalue weighted by molar-refractivity contribution is 0.0592. The molecule has 0 bridgehead atoms. The topological polar surface area (TPSA) is 91.1 Å². The highest BCUT2D eigenvalue weighted by atomic mass is 32.2. The van der Waals surface area contributed by atoms with Crippen LogP contribution < -0.4 is 0 Å². The van der Waals surface area contributed by atoms with E-state index in [9.17, 15) is 13.2 Å². The molecule has 1 aromatic rings. The van der Waals surface area contributed by atoms with Gasteiger partial charge in [0.1, 0.15) is 0 Å². The van der Waals surface area contributed by atoms with Crippen molar-refractivity contribution in [3.05, 3.63) is 11.4 Å². The predicted molar refractivity (Wildman–Crippen MR) is 69.8 cm³/mol. The summed E-state index contributed by atoms with van der Waals surface area (Å²) in [7, 11) is -1.81. The zero-order valence-electron chi connectivity index (χ0n) is 11.6. The van der Waals surface area contributed by atoms with Gasteiger partial charge < -0.3 is 4.74 Å². The quantitative estimate of drug-likeness (QED) is 0.713. The van der Waals surface area contributed by atoms with E-state index >= 15 is 0 Å². The Morgan fingerprint density at radius 1 is 1.42 bits per heavy atom. The van der Waals surface area contributed by atoms with E-state index in [0.717, 1.165) is 0 Å². The van der Waals surface area contributed by atoms with Gasteiger partial charge in [0, 0.05) is 5.75 Å². The van der Waals surface area contributed by atoms with E-state index < -0.39 is 15.8 Å². The van der Waals surface area contributed by atoms with Gasteiger partial charge in [-0.15, -0.1) is 5.10 Å². The van der Waals surface area contributed by atoms with E-state index in [1.165, 1.54) is 11.8 Å². The van der Waals surface area contributed by atoms with Gasteiger partial charge in [0.2, 0.25) is 0 Å². The molecule has 0 amide bonds. The summed E-state index contributed by atoms with van der Waals surface area (Å²) >= 11 is 0. The Hall–Kier alpha value is -1.44. The van der Waals surface area contributed by atoms with Gasteiger partial charge >= 0.3 is 5.97 Å². The predicted octanol–water partition coefficient (Wildman–Crippen LogP) is 0.623. The Kier molecular flexibility index (Phi) is 5.04. The first kappa shape index (κ1) is 15.6. The number of aryl methyl sites for hydroxylation is 1. The van der Waals surface area contributed by atoms with E-state index in [1.54, 1.807) is 6.92 Å². The number of methoxy groups -OCH3 is 1. The smallest absolute Gasteiger partial charge is 0.360 e. The summed E-state index contributed by atoms with van der Waals surface area (Å²) < 4.78 is 29.1. The SMILES string of the molecule is CCS(=O)(=O)CCn1nnc(C(=O)OC)c1C(C)C. The van der Waals surface area contributed by atoms with Gasteiger partial charge in [-0.2, -0.15) is 0 Å². The van der Waals surface area contributed by atoms with Crippen molar-refractivity contribution in [2.45, 2.75) is 33.2 Å². The highest BCUT2D eigenvalue weighted by Gasteiger charge is 2.23. The fourth-order valence-corrected chi connectivity index (χ4v) is 2.41. The Morgan fingerprint density at radius 2 is 2.05 bits per heavy atom. The van der Waals surface area contributed by atoms with Crippen LogP contribution in [0.3, 0.4) is 0 Å². The van der Waals surface area contributed by atoms with E-state index in [1.807, 2.05) is 13.8 Å². The Labute approximate surface area is 112 Å². The molecule has 0 radical (unpaired) electrons. The van der Waals surface area contributed by atoms with Crippen molar-refractivity contribution < 1.29 is 17.9 Å². The van der Waals surface area contributed by atoms with Crippen LogP contribution in [0.15, 0.2) is 0 Å². The van der Waals surface area contributed by atoms with E-state index in [-0.39, 0.29) is 29.7 Å². The molecule has 0 aliphatic rings. The zero-order valence-corrected chi connectivity index (χ0v) is 12.4. The number of sulfone groups is 1. The molecule has 0 fully saturated rings. The van der Waals surface area contributed by atoms with Crippen LogP contribution in [0, 0.1) is 0 Å². The minimum Gasteiger partial charge on any atom is -0.464 e. The fraction of sp³-hybridized carbons (Fsp3) is 0.727. The van der Waals surface area contributed by atoms with Gasteiger partial charge in [-0.05, 0) is 5.92 Å². The number of hydrogen-bond acceptors (Lipinski definition) is 6. The van der Waals surface area contributed by atoms with Crippen molar-refractivity contribution in [3.63, 3.8) is 0 Å². The Bertz CT molecular complexity index is 548. The van der Waals surface area contributed by atoms with Gasteiger partial charge in [-0.1, -0.05) is 26.0 Å². The molecule has 1 aromatic heterocycles. The van der Waals surface area contributed by atoms with Crippen LogP contribution in [-0.2, 0) is 21.1 Å². The summed E-state index contributed by atoms with van der Waals surface area (Å²) in [5, 5.41) is 7.62. The molecule has 108 valence electrons. The van der Waals surface area contributed by atoms with Gasteiger partial charge in [-0.3, -0.25) is 0 Å². The van der Waals surface area contributed by atoms with Crippen LogP contribution in [0.4, 0.5) is 0 Å². The number of ether oxygens (including phenoxy) is 1. The highest BCUT2D eigenvalue weighted by molar-refractivity contribution is 7.91. The normalized spacial score (nSPS) is 11.8. The maximum Gasteiger partial charge on any atom is 0.360 e. The van der Waals surface area contributed by atoms with Crippen molar-refractivity contribution in [1.82, 2.24) is 15.0 Å². The molecule has 0 aliphatic heterocycles. The maximum absolute atomic E-state index is 11.6. The lowest BCUT2D eigenvalue weighted by Gasteiger charge is -2.10. The molecule has 0 saturated heterocycles. The molecule has 1 heterocycles. The molecular weight excluding hydrogens is 270 g/mol. The molecule has 0 saturated carbocycles. The zero-order chi connectivity index (χ0) is 14.6. The van der Waals surface area contributed by atoms with Crippen molar-refractivity contribution in [2.75, 3.05) is 18.6 Å². The lowest BCUT2D eigenvalue weighted by atomic mass is 10.1. The van der Waals surface area contributed by atoms with Crippen LogP contribution in [0.25, 0.3) is 0 Å². The summed E-state index contributed by atoms with van der Waals surface area (Å²) in [5.74, 6) is -0.503. The maximum atomic E-state index is 11.6. The third-order valence-electron chi connectivity index (χ3n) is 2.75. The Morgan fingerprint density at radius 3 is 2.53 bits per heavy atom. The van der Waals surface area contributed by atoms with Gasteiger partial charge in [0.05, 0.1) is 25.1 Å². The standard InChI is InChI=1S/C11H19N3O4S/c1-5-19(16,17)7-6-14-10(8(2)3)9(12-13-14)11(15)18-4/h8H,5-7H2,1-4H3. The third-order valence-corrected chi connectivity index (χ3v) is 4.44. The second-order valence-corrected chi connectivity index (χ2v) is 6.90. The van der Waals surface area contributed by atoms with Crippen molar-refractivity contribution >= 4 is 15.8 Å². The number of esters is 1. The summed E-state index contributed by atoms with van der Waals surface area (Å²) in [4.78, 5) is 11.6. The monoisotopic (exact) mass is 289 g/mol. The molecule has 0 spiro atoms. The van der Waals surface area contributed by atoms with Crippen molar-refractivity contribution in [2.24, 2.45) is 0 Å². The first-order valence-corrected chi connectivity index (χ1v) is 7.86. The lowest BCUT2D eigenvalue weighted by Crippen LogP contribution is -2.18. The van der Waals surface area contributed by atoms with Gasteiger partial charge in [0.15, 0.2) is 15.5 Å². The average Bonchev–Trinajstić information content (AvgIpc) is 2.79. The number of rotatable bonds is 6. The highest BCUT2D eigenvalue weighted by Crippen LogP contribution is 2.18. The number of hydrogen-bond donors (Lipinski definition) is 0.